The average Bonchev–Trinajstić information content (AvgIpc) is 2.28. The Morgan fingerprint density at radius 1 is 1.12 bits per heavy atom. The first-order valence-electron chi connectivity index (χ1n) is 5.07. The zero-order chi connectivity index (χ0) is 11.5. The van der Waals surface area contributed by atoms with Gasteiger partial charge in [-0.05, 0) is 37.1 Å². The van der Waals surface area contributed by atoms with Crippen molar-refractivity contribution in [1.29, 1.82) is 0 Å². The lowest BCUT2D eigenvalue weighted by atomic mass is 10.2. The Kier molecular flexibility index (Phi) is 2.72. The van der Waals surface area contributed by atoms with Gasteiger partial charge in [-0.3, -0.25) is 0 Å². The molecule has 82 valence electrons. The number of nitrogen functional groups attached to an aromatic ring is 1. The summed E-state index contributed by atoms with van der Waals surface area (Å²) in [6.07, 6.45) is 3.52. The van der Waals surface area contributed by atoms with E-state index >= 15 is 0 Å². The van der Waals surface area contributed by atoms with Crippen LogP contribution in [0.3, 0.4) is 0 Å². The molecule has 0 saturated heterocycles. The molecule has 0 bridgehead atoms. The molecule has 0 atom stereocenters. The number of rotatable bonds is 2. The summed E-state index contributed by atoms with van der Waals surface area (Å²) in [6.45, 7) is 3.95. The molecule has 2 aromatic heterocycles. The van der Waals surface area contributed by atoms with Crippen molar-refractivity contribution in [2.75, 3.05) is 11.1 Å². The molecule has 0 aliphatic carbocycles. The first-order chi connectivity index (χ1) is 7.66. The lowest BCUT2D eigenvalue weighted by Crippen LogP contribution is -2.01. The summed E-state index contributed by atoms with van der Waals surface area (Å²) in [4.78, 5) is 8.42. The molecule has 3 N–H and O–H groups in total. The van der Waals surface area contributed by atoms with Gasteiger partial charge in [0, 0.05) is 12.4 Å². The van der Waals surface area contributed by atoms with Crippen molar-refractivity contribution < 1.29 is 0 Å². The van der Waals surface area contributed by atoms with Crippen LogP contribution in [0.1, 0.15) is 11.1 Å². The molecule has 0 aliphatic rings. The van der Waals surface area contributed by atoms with Crippen molar-refractivity contribution >= 4 is 17.3 Å². The van der Waals surface area contributed by atoms with Crippen molar-refractivity contribution in [3.05, 3.63) is 41.7 Å². The van der Waals surface area contributed by atoms with Crippen LogP contribution in [-0.4, -0.2) is 9.97 Å². The number of hydrogen-bond donors (Lipinski definition) is 2. The number of nitrogens with one attached hydrogen (secondary N) is 1. The Balaban J connectivity index is 2.27. The summed E-state index contributed by atoms with van der Waals surface area (Å²) in [7, 11) is 0. The smallest absolute Gasteiger partial charge is 0.154 e. The maximum Gasteiger partial charge on any atom is 0.154 e. The van der Waals surface area contributed by atoms with Gasteiger partial charge in [0.25, 0.3) is 0 Å². The van der Waals surface area contributed by atoms with Gasteiger partial charge in [0.1, 0.15) is 5.82 Å². The highest BCUT2D eigenvalue weighted by Crippen LogP contribution is 2.21. The zero-order valence-corrected chi connectivity index (χ0v) is 9.36. The second kappa shape index (κ2) is 4.18. The van der Waals surface area contributed by atoms with Crippen molar-refractivity contribution in [3.8, 4) is 0 Å². The van der Waals surface area contributed by atoms with E-state index in [-0.39, 0.29) is 0 Å². The quantitative estimate of drug-likeness (QED) is 0.805. The van der Waals surface area contributed by atoms with Crippen LogP contribution in [0.15, 0.2) is 30.6 Å². The van der Waals surface area contributed by atoms with Crippen LogP contribution in [0.5, 0.6) is 0 Å². The fourth-order valence-electron chi connectivity index (χ4n) is 1.33. The number of aryl methyl sites for hydroxylation is 2. The van der Waals surface area contributed by atoms with E-state index in [1.165, 1.54) is 0 Å². The van der Waals surface area contributed by atoms with Crippen molar-refractivity contribution in [3.63, 3.8) is 0 Å². The Labute approximate surface area is 94.5 Å². The van der Waals surface area contributed by atoms with E-state index in [4.69, 9.17) is 5.73 Å². The monoisotopic (exact) mass is 214 g/mol. The average molecular weight is 214 g/mol. The SMILES string of the molecule is Cc1ccc(Nc2nccc(C)c2N)nc1. The third kappa shape index (κ3) is 2.11. The minimum atomic E-state index is 0.649. The van der Waals surface area contributed by atoms with Gasteiger partial charge in [-0.15, -0.1) is 0 Å². The highest BCUT2D eigenvalue weighted by atomic mass is 15.1. The van der Waals surface area contributed by atoms with E-state index in [1.807, 2.05) is 32.0 Å². The fourth-order valence-corrected chi connectivity index (χ4v) is 1.33. The molecule has 16 heavy (non-hydrogen) atoms. The third-order valence-corrected chi connectivity index (χ3v) is 2.37. The second-order valence-corrected chi connectivity index (χ2v) is 3.74. The van der Waals surface area contributed by atoms with Crippen molar-refractivity contribution in [1.82, 2.24) is 9.97 Å². The summed E-state index contributed by atoms with van der Waals surface area (Å²) in [6, 6.07) is 5.77. The topological polar surface area (TPSA) is 63.8 Å². The van der Waals surface area contributed by atoms with Crippen LogP contribution in [0.25, 0.3) is 0 Å². The molecule has 0 fully saturated rings. The lowest BCUT2D eigenvalue weighted by molar-refractivity contribution is 1.22. The molecule has 0 aromatic carbocycles. The number of pyridine rings is 2. The molecule has 0 radical (unpaired) electrons. The minimum Gasteiger partial charge on any atom is -0.396 e. The molecular formula is C12H14N4. The molecule has 4 heteroatoms. The van der Waals surface area contributed by atoms with Gasteiger partial charge < -0.3 is 11.1 Å². The molecule has 0 aliphatic heterocycles. The Bertz CT molecular complexity index is 491. The zero-order valence-electron chi connectivity index (χ0n) is 9.36. The Morgan fingerprint density at radius 2 is 1.94 bits per heavy atom. The van der Waals surface area contributed by atoms with Gasteiger partial charge in [-0.25, -0.2) is 9.97 Å². The van der Waals surface area contributed by atoms with Crippen LogP contribution in [0.4, 0.5) is 17.3 Å². The van der Waals surface area contributed by atoms with E-state index in [2.05, 4.69) is 15.3 Å². The van der Waals surface area contributed by atoms with Crippen LogP contribution in [-0.2, 0) is 0 Å². The number of nitrogens with zero attached hydrogens (tertiary/aromatic N) is 2. The van der Waals surface area contributed by atoms with Gasteiger partial charge in [0.15, 0.2) is 5.82 Å². The predicted molar refractivity (Wildman–Crippen MR) is 65.6 cm³/mol. The van der Waals surface area contributed by atoms with Gasteiger partial charge >= 0.3 is 0 Å². The van der Waals surface area contributed by atoms with Crippen LogP contribution < -0.4 is 11.1 Å². The summed E-state index contributed by atoms with van der Waals surface area (Å²) in [5.41, 5.74) is 8.69. The van der Waals surface area contributed by atoms with Crippen LogP contribution in [0.2, 0.25) is 0 Å². The molecular weight excluding hydrogens is 200 g/mol. The maximum absolute atomic E-state index is 5.91. The Hall–Kier alpha value is -2.10. The number of nitrogens with two attached hydrogens (primary N) is 1. The summed E-state index contributed by atoms with van der Waals surface area (Å²) in [5, 5.41) is 3.09. The molecule has 0 unspecified atom stereocenters. The van der Waals surface area contributed by atoms with E-state index in [9.17, 15) is 0 Å². The highest BCUT2D eigenvalue weighted by molar-refractivity contribution is 5.69. The van der Waals surface area contributed by atoms with Crippen molar-refractivity contribution in [2.45, 2.75) is 13.8 Å². The second-order valence-electron chi connectivity index (χ2n) is 3.74. The number of hydrogen-bond acceptors (Lipinski definition) is 4. The molecule has 0 spiro atoms. The predicted octanol–water partition coefficient (Wildman–Crippen LogP) is 2.42. The van der Waals surface area contributed by atoms with E-state index < -0.39 is 0 Å². The van der Waals surface area contributed by atoms with Gasteiger partial charge in [0.2, 0.25) is 0 Å². The lowest BCUT2D eigenvalue weighted by Gasteiger charge is -2.09. The van der Waals surface area contributed by atoms with Gasteiger partial charge in [0.05, 0.1) is 5.69 Å². The molecule has 2 rings (SSSR count). The van der Waals surface area contributed by atoms with E-state index in [0.29, 0.717) is 11.5 Å². The largest absolute Gasteiger partial charge is 0.396 e. The normalized spacial score (nSPS) is 10.1. The fraction of sp³-hybridized carbons (Fsp3) is 0.167. The summed E-state index contributed by atoms with van der Waals surface area (Å²) >= 11 is 0. The molecule has 0 saturated carbocycles. The first-order valence-corrected chi connectivity index (χ1v) is 5.07. The molecule has 2 heterocycles. The number of aromatic nitrogens is 2. The minimum absolute atomic E-state index is 0.649. The highest BCUT2D eigenvalue weighted by Gasteiger charge is 2.03. The van der Waals surface area contributed by atoms with Crippen LogP contribution >= 0.6 is 0 Å². The standard InChI is InChI=1S/C12H14N4/c1-8-3-4-10(15-7-8)16-12-11(13)9(2)5-6-14-12/h3-7H,13H2,1-2H3,(H,14,15,16). The number of anilines is 3. The maximum atomic E-state index is 5.91. The third-order valence-electron chi connectivity index (χ3n) is 2.37. The molecule has 2 aromatic rings. The van der Waals surface area contributed by atoms with E-state index in [1.54, 1.807) is 12.4 Å². The van der Waals surface area contributed by atoms with Crippen molar-refractivity contribution in [2.24, 2.45) is 0 Å². The summed E-state index contributed by atoms with van der Waals surface area (Å²) < 4.78 is 0. The van der Waals surface area contributed by atoms with Crippen LogP contribution in [0, 0.1) is 13.8 Å². The van der Waals surface area contributed by atoms with Gasteiger partial charge in [-0.2, -0.15) is 0 Å². The Morgan fingerprint density at radius 3 is 2.62 bits per heavy atom. The summed E-state index contributed by atoms with van der Waals surface area (Å²) in [5.74, 6) is 1.40. The molecule has 4 nitrogen and oxygen atoms in total. The van der Waals surface area contributed by atoms with Gasteiger partial charge in [-0.1, -0.05) is 6.07 Å². The molecule has 0 amide bonds. The first kappa shape index (κ1) is 10.4. The van der Waals surface area contributed by atoms with E-state index in [0.717, 1.165) is 16.9 Å².